The molecule has 1 N–H and O–H groups in total. The first-order chi connectivity index (χ1) is 10.9. The van der Waals surface area contributed by atoms with Crippen LogP contribution in [-0.4, -0.2) is 21.8 Å². The number of hydrogen-bond donors (Lipinski definition) is 1. The van der Waals surface area contributed by atoms with Gasteiger partial charge in [-0.2, -0.15) is 0 Å². The van der Waals surface area contributed by atoms with Crippen molar-refractivity contribution in [3.05, 3.63) is 63.0 Å². The molecular formula is C15H13N3O4S. The number of nitro groups is 1. The van der Waals surface area contributed by atoms with E-state index in [2.05, 4.69) is 5.32 Å². The van der Waals surface area contributed by atoms with Crippen molar-refractivity contribution in [2.75, 3.05) is 0 Å². The van der Waals surface area contributed by atoms with E-state index >= 15 is 0 Å². The van der Waals surface area contributed by atoms with E-state index in [1.54, 1.807) is 36.6 Å². The quantitative estimate of drug-likeness (QED) is 0.529. The highest BCUT2D eigenvalue weighted by Gasteiger charge is 2.48. The van der Waals surface area contributed by atoms with Crippen molar-refractivity contribution in [3.8, 4) is 0 Å². The first kappa shape index (κ1) is 15.2. The van der Waals surface area contributed by atoms with Crippen molar-refractivity contribution in [1.82, 2.24) is 10.2 Å². The molecule has 1 atom stereocenters. The number of nitrogens with one attached hydrogen (secondary N) is 1. The highest BCUT2D eigenvalue weighted by molar-refractivity contribution is 7.13. The topological polar surface area (TPSA) is 92.6 Å². The summed E-state index contributed by atoms with van der Waals surface area (Å²) in [4.78, 5) is 36.2. The molecule has 1 aromatic heterocycles. The molecule has 0 bridgehead atoms. The van der Waals surface area contributed by atoms with Gasteiger partial charge < -0.3 is 5.32 Å². The van der Waals surface area contributed by atoms with Crippen molar-refractivity contribution in [3.63, 3.8) is 0 Å². The van der Waals surface area contributed by atoms with E-state index in [0.29, 0.717) is 11.1 Å². The van der Waals surface area contributed by atoms with Gasteiger partial charge in [-0.05, 0) is 18.1 Å². The molecule has 1 fully saturated rings. The predicted octanol–water partition coefficient (Wildman–Crippen LogP) is 2.62. The molecule has 2 heterocycles. The van der Waals surface area contributed by atoms with Gasteiger partial charge in [0.15, 0.2) is 0 Å². The third-order valence-corrected chi connectivity index (χ3v) is 4.72. The van der Waals surface area contributed by atoms with E-state index in [1.807, 2.05) is 6.07 Å². The highest BCUT2D eigenvalue weighted by atomic mass is 32.1. The molecule has 0 spiro atoms. The van der Waals surface area contributed by atoms with Gasteiger partial charge in [-0.3, -0.25) is 19.8 Å². The van der Waals surface area contributed by atoms with Gasteiger partial charge in [0, 0.05) is 11.4 Å². The summed E-state index contributed by atoms with van der Waals surface area (Å²) in [5, 5.41) is 15.0. The summed E-state index contributed by atoms with van der Waals surface area (Å²) >= 11 is 0.971. The van der Waals surface area contributed by atoms with Crippen LogP contribution in [0.4, 0.5) is 9.80 Å². The third-order valence-electron chi connectivity index (χ3n) is 3.79. The fourth-order valence-electron chi connectivity index (χ4n) is 2.53. The van der Waals surface area contributed by atoms with E-state index in [-0.39, 0.29) is 17.5 Å². The number of nitrogens with zero attached hydrogens (tertiary/aromatic N) is 2. The minimum Gasteiger partial charge on any atom is -0.319 e. The average molecular weight is 331 g/mol. The zero-order chi connectivity index (χ0) is 16.6. The SMILES string of the molecule is C[C@@]1(c2ccccc2)NC(=O)N(Cc2csc([N+](=O)[O-])c2)C1=O. The molecule has 0 unspecified atom stereocenters. The number of hydrogen-bond acceptors (Lipinski definition) is 5. The lowest BCUT2D eigenvalue weighted by Crippen LogP contribution is -2.40. The van der Waals surface area contributed by atoms with Crippen LogP contribution < -0.4 is 5.32 Å². The highest BCUT2D eigenvalue weighted by Crippen LogP contribution is 2.31. The Bertz CT molecular complexity index is 789. The van der Waals surface area contributed by atoms with Gasteiger partial charge >= 0.3 is 11.0 Å². The Hall–Kier alpha value is -2.74. The fourth-order valence-corrected chi connectivity index (χ4v) is 3.25. The van der Waals surface area contributed by atoms with Gasteiger partial charge in [0.2, 0.25) is 0 Å². The molecule has 8 heteroatoms. The molecule has 2 aromatic rings. The van der Waals surface area contributed by atoms with Crippen LogP contribution in [0.15, 0.2) is 41.8 Å². The summed E-state index contributed by atoms with van der Waals surface area (Å²) in [6, 6.07) is 9.85. The molecule has 1 saturated heterocycles. The molecule has 23 heavy (non-hydrogen) atoms. The maximum Gasteiger partial charge on any atom is 0.325 e. The van der Waals surface area contributed by atoms with Crippen molar-refractivity contribution < 1.29 is 14.5 Å². The zero-order valence-corrected chi connectivity index (χ0v) is 13.0. The number of benzene rings is 1. The lowest BCUT2D eigenvalue weighted by Gasteiger charge is -2.22. The molecule has 0 aliphatic carbocycles. The van der Waals surface area contributed by atoms with E-state index in [0.717, 1.165) is 16.2 Å². The summed E-state index contributed by atoms with van der Waals surface area (Å²) in [7, 11) is 0. The van der Waals surface area contributed by atoms with Crippen LogP contribution in [0.25, 0.3) is 0 Å². The molecule has 118 valence electrons. The van der Waals surface area contributed by atoms with Gasteiger partial charge in [0.1, 0.15) is 5.54 Å². The van der Waals surface area contributed by atoms with Gasteiger partial charge in [0.05, 0.1) is 11.5 Å². The molecule has 0 radical (unpaired) electrons. The number of carbonyl (C=O) groups is 2. The Balaban J connectivity index is 1.85. The molecule has 3 rings (SSSR count). The molecule has 3 amide bonds. The number of rotatable bonds is 4. The van der Waals surface area contributed by atoms with E-state index in [1.165, 1.54) is 6.07 Å². The molecule has 1 aliphatic heterocycles. The molecule has 0 saturated carbocycles. The second-order valence-electron chi connectivity index (χ2n) is 5.36. The summed E-state index contributed by atoms with van der Waals surface area (Å²) in [5.41, 5.74) is 0.125. The average Bonchev–Trinajstić information content (AvgIpc) is 3.08. The Morgan fingerprint density at radius 1 is 1.30 bits per heavy atom. The number of imide groups is 1. The summed E-state index contributed by atoms with van der Waals surface area (Å²) in [6.07, 6.45) is 0. The van der Waals surface area contributed by atoms with Crippen LogP contribution in [-0.2, 0) is 16.9 Å². The number of amides is 3. The second-order valence-corrected chi connectivity index (χ2v) is 6.25. The summed E-state index contributed by atoms with van der Waals surface area (Å²) in [6.45, 7) is 1.66. The minimum atomic E-state index is -1.12. The predicted molar refractivity (Wildman–Crippen MR) is 83.8 cm³/mol. The lowest BCUT2D eigenvalue weighted by atomic mass is 9.92. The van der Waals surface area contributed by atoms with E-state index in [9.17, 15) is 19.7 Å². The molecule has 1 aliphatic rings. The Morgan fingerprint density at radius 3 is 2.61 bits per heavy atom. The number of thiophene rings is 1. The van der Waals surface area contributed by atoms with Crippen molar-refractivity contribution in [2.45, 2.75) is 19.0 Å². The van der Waals surface area contributed by atoms with Gasteiger partial charge in [-0.25, -0.2) is 4.79 Å². The molecular weight excluding hydrogens is 318 g/mol. The van der Waals surface area contributed by atoms with Crippen LogP contribution in [0.2, 0.25) is 0 Å². The summed E-state index contributed by atoms with van der Waals surface area (Å²) < 4.78 is 0. The van der Waals surface area contributed by atoms with Crippen LogP contribution in [0, 0.1) is 10.1 Å². The smallest absolute Gasteiger partial charge is 0.319 e. The Morgan fingerprint density at radius 2 is 2.00 bits per heavy atom. The lowest BCUT2D eigenvalue weighted by molar-refractivity contribution is -0.380. The minimum absolute atomic E-state index is 0.0113. The second kappa shape index (κ2) is 5.47. The van der Waals surface area contributed by atoms with E-state index < -0.39 is 16.5 Å². The van der Waals surface area contributed by atoms with Gasteiger partial charge in [-0.15, -0.1) is 0 Å². The first-order valence-corrected chi connectivity index (χ1v) is 7.71. The first-order valence-electron chi connectivity index (χ1n) is 6.83. The zero-order valence-electron chi connectivity index (χ0n) is 12.2. The number of carbonyl (C=O) groups excluding carboxylic acids is 2. The van der Waals surface area contributed by atoms with Crippen LogP contribution in [0.1, 0.15) is 18.1 Å². The number of urea groups is 1. The van der Waals surface area contributed by atoms with Crippen molar-refractivity contribution in [1.29, 1.82) is 0 Å². The summed E-state index contributed by atoms with van der Waals surface area (Å²) in [5.74, 6) is -0.373. The molecule has 7 nitrogen and oxygen atoms in total. The van der Waals surface area contributed by atoms with Crippen molar-refractivity contribution in [2.24, 2.45) is 0 Å². The molecule has 1 aromatic carbocycles. The van der Waals surface area contributed by atoms with Crippen LogP contribution >= 0.6 is 11.3 Å². The maximum atomic E-state index is 12.7. The fraction of sp³-hybridized carbons (Fsp3) is 0.200. The van der Waals surface area contributed by atoms with E-state index in [4.69, 9.17) is 0 Å². The largest absolute Gasteiger partial charge is 0.325 e. The Kier molecular flexibility index (Phi) is 3.61. The third kappa shape index (κ3) is 2.57. The monoisotopic (exact) mass is 331 g/mol. The maximum absolute atomic E-state index is 12.7. The Labute approximate surface area is 135 Å². The van der Waals surface area contributed by atoms with Gasteiger partial charge in [-0.1, -0.05) is 41.7 Å². The standard InChI is InChI=1S/C15H13N3O4S/c1-15(11-5-3-2-4-6-11)13(19)17(14(20)16-15)8-10-7-12(18(21)22)23-9-10/h2-7,9H,8H2,1H3,(H,16,20)/t15-/m0/s1. The normalized spacial score (nSPS) is 20.7. The van der Waals surface area contributed by atoms with Crippen molar-refractivity contribution >= 4 is 28.3 Å². The van der Waals surface area contributed by atoms with Crippen LogP contribution in [0.5, 0.6) is 0 Å². The van der Waals surface area contributed by atoms with Crippen LogP contribution in [0.3, 0.4) is 0 Å². The van der Waals surface area contributed by atoms with Gasteiger partial charge in [0.25, 0.3) is 5.91 Å².